The number of aliphatic carboxylic acids is 1. The summed E-state index contributed by atoms with van der Waals surface area (Å²) in [6.45, 7) is 5.88. The minimum atomic E-state index is -4.56. The number of aromatic nitrogens is 3. The SMILES string of the molecule is CCOCCN(CCCCc1ccc2c(n1)NCCC2)CCC(Nc1ncc(C(F)(F)F)cn1)C(=O)O. The molecule has 0 bridgehead atoms. The van der Waals surface area contributed by atoms with Crippen LogP contribution in [0, 0.1) is 0 Å². The van der Waals surface area contributed by atoms with E-state index >= 15 is 0 Å². The molecular formula is C25H35F3N6O3. The summed E-state index contributed by atoms with van der Waals surface area (Å²) in [5.74, 6) is -0.292. The predicted molar refractivity (Wildman–Crippen MR) is 134 cm³/mol. The predicted octanol–water partition coefficient (Wildman–Crippen LogP) is 3.87. The number of carboxylic acid groups (broad SMARTS) is 1. The van der Waals surface area contributed by atoms with E-state index < -0.39 is 23.8 Å². The Morgan fingerprint density at radius 2 is 2.00 bits per heavy atom. The van der Waals surface area contributed by atoms with Gasteiger partial charge in [-0.05, 0) is 63.6 Å². The largest absolute Gasteiger partial charge is 0.480 e. The molecule has 3 rings (SSSR count). The molecule has 2 aromatic rings. The summed E-state index contributed by atoms with van der Waals surface area (Å²) in [6, 6.07) is 3.20. The molecular weight excluding hydrogens is 489 g/mol. The average Bonchev–Trinajstić information content (AvgIpc) is 2.88. The summed E-state index contributed by atoms with van der Waals surface area (Å²) in [6.07, 6.45) is 1.83. The highest BCUT2D eigenvalue weighted by Crippen LogP contribution is 2.28. The molecule has 1 atom stereocenters. The number of alkyl halides is 3. The Bertz CT molecular complexity index is 991. The fraction of sp³-hybridized carbons (Fsp3) is 0.600. The van der Waals surface area contributed by atoms with E-state index in [-0.39, 0.29) is 12.4 Å². The Balaban J connectivity index is 1.49. The molecule has 2 aromatic heterocycles. The summed E-state index contributed by atoms with van der Waals surface area (Å²) in [7, 11) is 0. The van der Waals surface area contributed by atoms with Gasteiger partial charge in [0.15, 0.2) is 0 Å². The molecule has 9 nitrogen and oxygen atoms in total. The molecule has 1 aliphatic heterocycles. The van der Waals surface area contributed by atoms with Crippen LogP contribution < -0.4 is 10.6 Å². The van der Waals surface area contributed by atoms with Crippen molar-refractivity contribution in [2.75, 3.05) is 50.0 Å². The lowest BCUT2D eigenvalue weighted by Gasteiger charge is -2.24. The molecule has 37 heavy (non-hydrogen) atoms. The van der Waals surface area contributed by atoms with Crippen molar-refractivity contribution in [1.82, 2.24) is 19.9 Å². The van der Waals surface area contributed by atoms with Gasteiger partial charge in [-0.15, -0.1) is 0 Å². The van der Waals surface area contributed by atoms with Gasteiger partial charge in [-0.25, -0.2) is 19.7 Å². The molecule has 0 aromatic carbocycles. The van der Waals surface area contributed by atoms with Gasteiger partial charge >= 0.3 is 12.1 Å². The van der Waals surface area contributed by atoms with E-state index in [1.54, 1.807) is 0 Å². The minimum Gasteiger partial charge on any atom is -0.480 e. The van der Waals surface area contributed by atoms with Crippen molar-refractivity contribution >= 4 is 17.7 Å². The molecule has 0 fully saturated rings. The van der Waals surface area contributed by atoms with E-state index in [4.69, 9.17) is 9.72 Å². The molecule has 3 heterocycles. The first-order chi connectivity index (χ1) is 17.8. The number of nitrogens with zero attached hydrogens (tertiary/aromatic N) is 4. The second kappa shape index (κ2) is 14.1. The Morgan fingerprint density at radius 1 is 1.22 bits per heavy atom. The van der Waals surface area contributed by atoms with Gasteiger partial charge in [-0.2, -0.15) is 13.2 Å². The number of fused-ring (bicyclic) bond motifs is 1. The normalized spacial score (nSPS) is 14.2. The number of aryl methyl sites for hydroxylation is 2. The molecule has 0 saturated heterocycles. The van der Waals surface area contributed by atoms with E-state index in [1.165, 1.54) is 5.56 Å². The molecule has 1 aliphatic rings. The lowest BCUT2D eigenvalue weighted by atomic mass is 10.1. The molecule has 1 unspecified atom stereocenters. The van der Waals surface area contributed by atoms with E-state index in [0.29, 0.717) is 38.7 Å². The Morgan fingerprint density at radius 3 is 2.70 bits per heavy atom. The van der Waals surface area contributed by atoms with Gasteiger partial charge < -0.3 is 25.4 Å². The molecule has 0 aliphatic carbocycles. The monoisotopic (exact) mass is 524 g/mol. The first kappa shape index (κ1) is 28.6. The van der Waals surface area contributed by atoms with Crippen molar-refractivity contribution in [2.24, 2.45) is 0 Å². The maximum atomic E-state index is 12.7. The molecule has 3 N–H and O–H groups in total. The van der Waals surface area contributed by atoms with Crippen LogP contribution in [0.15, 0.2) is 24.5 Å². The zero-order chi connectivity index (χ0) is 26.7. The lowest BCUT2D eigenvalue weighted by molar-refractivity contribution is -0.139. The quantitative estimate of drug-likeness (QED) is 0.299. The molecule has 0 radical (unpaired) electrons. The number of carboxylic acids is 1. The smallest absolute Gasteiger partial charge is 0.419 e. The van der Waals surface area contributed by atoms with E-state index in [9.17, 15) is 23.1 Å². The zero-order valence-electron chi connectivity index (χ0n) is 21.1. The first-order valence-corrected chi connectivity index (χ1v) is 12.7. The summed E-state index contributed by atoms with van der Waals surface area (Å²) in [5, 5.41) is 15.6. The van der Waals surface area contributed by atoms with Crippen LogP contribution in [0.25, 0.3) is 0 Å². The summed E-state index contributed by atoms with van der Waals surface area (Å²) < 4.78 is 43.6. The Labute approximate surface area is 214 Å². The highest BCUT2D eigenvalue weighted by Gasteiger charge is 2.31. The molecule has 0 saturated carbocycles. The van der Waals surface area contributed by atoms with Crippen molar-refractivity contribution in [3.63, 3.8) is 0 Å². The zero-order valence-corrected chi connectivity index (χ0v) is 21.1. The van der Waals surface area contributed by atoms with Crippen LogP contribution in [-0.2, 0) is 28.5 Å². The number of nitrogens with one attached hydrogen (secondary N) is 2. The van der Waals surface area contributed by atoms with Crippen molar-refractivity contribution < 1.29 is 27.8 Å². The number of unbranched alkanes of at least 4 members (excludes halogenated alkanes) is 1. The fourth-order valence-corrected chi connectivity index (χ4v) is 4.10. The number of pyridine rings is 1. The van der Waals surface area contributed by atoms with Crippen LogP contribution >= 0.6 is 0 Å². The number of rotatable bonds is 15. The first-order valence-electron chi connectivity index (χ1n) is 12.7. The maximum Gasteiger partial charge on any atom is 0.419 e. The Kier molecular flexibility index (Phi) is 10.9. The summed E-state index contributed by atoms with van der Waals surface area (Å²) in [4.78, 5) is 25.9. The standard InChI is InChI=1S/C25H35F3N6O3/c1-2-37-15-14-34(12-4-3-7-20-9-8-18-6-5-11-29-22(18)32-20)13-10-21(23(35)36)33-24-30-16-19(17-31-24)25(26,27)28/h8-9,16-17,21H,2-7,10-15H2,1H3,(H,29,32)(H,35,36)(H,30,31,33). The molecule has 12 heteroatoms. The van der Waals surface area contributed by atoms with Crippen molar-refractivity contribution in [1.29, 1.82) is 0 Å². The van der Waals surface area contributed by atoms with Gasteiger partial charge in [0.25, 0.3) is 0 Å². The average molecular weight is 525 g/mol. The third kappa shape index (κ3) is 9.43. The third-order valence-electron chi connectivity index (χ3n) is 6.18. The van der Waals surface area contributed by atoms with Crippen molar-refractivity contribution in [3.05, 3.63) is 41.3 Å². The van der Waals surface area contributed by atoms with Crippen molar-refractivity contribution in [2.45, 2.75) is 57.7 Å². The van der Waals surface area contributed by atoms with Crippen LogP contribution in [0.4, 0.5) is 24.9 Å². The van der Waals surface area contributed by atoms with Crippen LogP contribution in [0.1, 0.15) is 49.4 Å². The second-order valence-corrected chi connectivity index (χ2v) is 8.95. The number of carbonyl (C=O) groups is 1. The second-order valence-electron chi connectivity index (χ2n) is 8.95. The van der Waals surface area contributed by atoms with Crippen molar-refractivity contribution in [3.8, 4) is 0 Å². The van der Waals surface area contributed by atoms with Crippen LogP contribution in [0.2, 0.25) is 0 Å². The highest BCUT2D eigenvalue weighted by molar-refractivity contribution is 5.76. The van der Waals surface area contributed by atoms with Gasteiger partial charge in [0.1, 0.15) is 11.9 Å². The maximum absolute atomic E-state index is 12.7. The Hall–Kier alpha value is -2.99. The fourth-order valence-electron chi connectivity index (χ4n) is 4.10. The molecule has 204 valence electrons. The highest BCUT2D eigenvalue weighted by atomic mass is 19.4. The number of anilines is 2. The van der Waals surface area contributed by atoms with Crippen LogP contribution in [-0.4, -0.2) is 76.4 Å². The van der Waals surface area contributed by atoms with Gasteiger partial charge in [0.05, 0.1) is 12.2 Å². The lowest BCUT2D eigenvalue weighted by Crippen LogP contribution is -2.37. The van der Waals surface area contributed by atoms with E-state index in [1.807, 2.05) is 6.92 Å². The number of halogens is 3. The summed E-state index contributed by atoms with van der Waals surface area (Å²) in [5.41, 5.74) is 1.33. The van der Waals surface area contributed by atoms with E-state index in [0.717, 1.165) is 56.7 Å². The number of hydrogen-bond donors (Lipinski definition) is 3. The van der Waals surface area contributed by atoms with Gasteiger partial charge in [0.2, 0.25) is 5.95 Å². The van der Waals surface area contributed by atoms with Gasteiger partial charge in [-0.1, -0.05) is 6.07 Å². The molecule has 0 spiro atoms. The van der Waals surface area contributed by atoms with E-state index in [2.05, 4.69) is 37.6 Å². The van der Waals surface area contributed by atoms with Gasteiger partial charge in [0, 0.05) is 44.3 Å². The van der Waals surface area contributed by atoms with Crippen LogP contribution in [0.3, 0.4) is 0 Å². The topological polar surface area (TPSA) is 113 Å². The van der Waals surface area contributed by atoms with Gasteiger partial charge in [-0.3, -0.25) is 0 Å². The van der Waals surface area contributed by atoms with Crippen LogP contribution in [0.5, 0.6) is 0 Å². The number of hydrogen-bond acceptors (Lipinski definition) is 8. The summed E-state index contributed by atoms with van der Waals surface area (Å²) >= 11 is 0. The molecule has 0 amide bonds. The number of ether oxygens (including phenoxy) is 1. The third-order valence-corrected chi connectivity index (χ3v) is 6.18. The minimum absolute atomic E-state index is 0.159.